The first kappa shape index (κ1) is 12.0. The van der Waals surface area contributed by atoms with Gasteiger partial charge < -0.3 is 5.73 Å². The largest absolute Gasteiger partial charge is 0.396 e. The lowest BCUT2D eigenvalue weighted by atomic mass is 10.1. The number of hydrogen-bond donors (Lipinski definition) is 1. The summed E-state index contributed by atoms with van der Waals surface area (Å²) in [4.78, 5) is 0. The van der Waals surface area contributed by atoms with E-state index >= 15 is 0 Å². The highest BCUT2D eigenvalue weighted by Gasteiger charge is 2.09. The molecule has 0 amide bonds. The van der Waals surface area contributed by atoms with Gasteiger partial charge in [0.25, 0.3) is 0 Å². The molecular weight excluding hydrogens is 302 g/mol. The smallest absolute Gasteiger partial charge is 0.116 e. The van der Waals surface area contributed by atoms with Crippen LogP contribution >= 0.6 is 15.9 Å². The van der Waals surface area contributed by atoms with Gasteiger partial charge in [-0.2, -0.15) is 5.10 Å². The minimum Gasteiger partial charge on any atom is -0.396 e. The molecule has 1 heterocycles. The fourth-order valence-corrected chi connectivity index (χ4v) is 2.36. The summed E-state index contributed by atoms with van der Waals surface area (Å²) < 4.78 is 2.81. The Morgan fingerprint density at radius 1 is 1.00 bits per heavy atom. The third-order valence-corrected chi connectivity index (χ3v) is 3.35. The highest BCUT2D eigenvalue weighted by Crippen LogP contribution is 2.27. The molecule has 3 nitrogen and oxygen atoms in total. The van der Waals surface area contributed by atoms with Crippen LogP contribution in [0.15, 0.2) is 65.3 Å². The van der Waals surface area contributed by atoms with E-state index in [2.05, 4.69) is 21.0 Å². The Bertz CT molecular complexity index is 704. The number of nitrogens with two attached hydrogens (primary N) is 1. The van der Waals surface area contributed by atoms with Crippen molar-refractivity contribution in [1.29, 1.82) is 0 Å². The van der Waals surface area contributed by atoms with Crippen LogP contribution in [0.5, 0.6) is 0 Å². The van der Waals surface area contributed by atoms with E-state index in [1.54, 1.807) is 4.68 Å². The Kier molecular flexibility index (Phi) is 3.09. The van der Waals surface area contributed by atoms with Crippen LogP contribution < -0.4 is 5.73 Å². The summed E-state index contributed by atoms with van der Waals surface area (Å²) in [6.45, 7) is 0. The molecule has 0 spiro atoms. The van der Waals surface area contributed by atoms with Crippen molar-refractivity contribution in [3.8, 4) is 16.9 Å². The molecule has 3 aromatic rings. The average Bonchev–Trinajstić information content (AvgIpc) is 2.82. The third-order valence-electron chi connectivity index (χ3n) is 2.86. The van der Waals surface area contributed by atoms with Gasteiger partial charge in [-0.15, -0.1) is 0 Å². The predicted molar refractivity (Wildman–Crippen MR) is 81.1 cm³/mol. The maximum Gasteiger partial charge on any atom is 0.116 e. The molecule has 94 valence electrons. The van der Waals surface area contributed by atoms with E-state index in [9.17, 15) is 0 Å². The normalized spacial score (nSPS) is 10.6. The summed E-state index contributed by atoms with van der Waals surface area (Å²) in [6.07, 6.45) is 1.84. The van der Waals surface area contributed by atoms with Gasteiger partial charge in [-0.05, 0) is 24.3 Å². The van der Waals surface area contributed by atoms with E-state index < -0.39 is 0 Å². The van der Waals surface area contributed by atoms with Gasteiger partial charge in [0.05, 0.1) is 17.6 Å². The number of rotatable bonds is 2. The first-order valence-corrected chi connectivity index (χ1v) is 6.70. The molecule has 1 aromatic heterocycles. The Morgan fingerprint density at radius 2 is 1.79 bits per heavy atom. The number of anilines is 1. The van der Waals surface area contributed by atoms with Crippen LogP contribution in [0.2, 0.25) is 0 Å². The van der Waals surface area contributed by atoms with Crippen molar-refractivity contribution in [2.45, 2.75) is 0 Å². The zero-order chi connectivity index (χ0) is 13.2. The summed E-state index contributed by atoms with van der Waals surface area (Å²) in [5.74, 6) is 0. The zero-order valence-electron chi connectivity index (χ0n) is 10.1. The summed E-state index contributed by atoms with van der Waals surface area (Å²) in [5, 5.41) is 4.56. The van der Waals surface area contributed by atoms with Gasteiger partial charge in [-0.25, -0.2) is 4.68 Å². The van der Waals surface area contributed by atoms with E-state index in [0.717, 1.165) is 21.4 Å². The Labute approximate surface area is 119 Å². The Morgan fingerprint density at radius 3 is 2.53 bits per heavy atom. The third kappa shape index (κ3) is 2.39. The highest BCUT2D eigenvalue weighted by atomic mass is 79.9. The lowest BCUT2D eigenvalue weighted by Gasteiger charge is -2.00. The molecule has 0 bridgehead atoms. The fourth-order valence-electron chi connectivity index (χ4n) is 1.96. The molecule has 0 saturated carbocycles. The van der Waals surface area contributed by atoms with Gasteiger partial charge in [0.15, 0.2) is 0 Å². The van der Waals surface area contributed by atoms with E-state index in [-0.39, 0.29) is 0 Å². The standard InChI is InChI=1S/C15H12BrN3/c16-12-6-4-5-11(9-12)15-14(17)10-19(18-15)13-7-2-1-3-8-13/h1-10H,17H2. The number of nitrogen functional groups attached to an aromatic ring is 1. The summed E-state index contributed by atoms with van der Waals surface area (Å²) in [5.41, 5.74) is 9.52. The van der Waals surface area contributed by atoms with Crippen LogP contribution in [0.1, 0.15) is 0 Å². The molecule has 2 aromatic carbocycles. The molecule has 0 saturated heterocycles. The van der Waals surface area contributed by atoms with Crippen molar-refractivity contribution in [3.05, 3.63) is 65.3 Å². The van der Waals surface area contributed by atoms with Crippen LogP contribution in [0.3, 0.4) is 0 Å². The second-order valence-electron chi connectivity index (χ2n) is 4.22. The monoisotopic (exact) mass is 313 g/mol. The second-order valence-corrected chi connectivity index (χ2v) is 5.14. The van der Waals surface area contributed by atoms with Crippen molar-refractivity contribution < 1.29 is 0 Å². The van der Waals surface area contributed by atoms with Crippen molar-refractivity contribution in [3.63, 3.8) is 0 Å². The maximum atomic E-state index is 6.06. The first-order chi connectivity index (χ1) is 9.24. The number of halogens is 1. The minimum absolute atomic E-state index is 0.668. The SMILES string of the molecule is Nc1cn(-c2ccccc2)nc1-c1cccc(Br)c1. The van der Waals surface area contributed by atoms with Crippen LogP contribution in [-0.4, -0.2) is 9.78 Å². The zero-order valence-corrected chi connectivity index (χ0v) is 11.7. The van der Waals surface area contributed by atoms with E-state index in [0.29, 0.717) is 5.69 Å². The van der Waals surface area contributed by atoms with Gasteiger partial charge in [0.1, 0.15) is 5.69 Å². The van der Waals surface area contributed by atoms with Gasteiger partial charge in [0.2, 0.25) is 0 Å². The van der Waals surface area contributed by atoms with Gasteiger partial charge >= 0.3 is 0 Å². The molecule has 0 aliphatic heterocycles. The van der Waals surface area contributed by atoms with Crippen LogP contribution in [0.4, 0.5) is 5.69 Å². The highest BCUT2D eigenvalue weighted by molar-refractivity contribution is 9.10. The number of nitrogens with zero attached hydrogens (tertiary/aromatic N) is 2. The fraction of sp³-hybridized carbons (Fsp3) is 0. The van der Waals surface area contributed by atoms with Gasteiger partial charge in [0, 0.05) is 10.0 Å². The summed E-state index contributed by atoms with van der Waals surface area (Å²) >= 11 is 3.46. The molecule has 0 atom stereocenters. The average molecular weight is 314 g/mol. The van der Waals surface area contributed by atoms with E-state index in [4.69, 9.17) is 5.73 Å². The molecule has 0 aliphatic carbocycles. The molecule has 0 unspecified atom stereocenters. The molecule has 4 heteroatoms. The quantitative estimate of drug-likeness (QED) is 0.780. The minimum atomic E-state index is 0.668. The predicted octanol–water partition coefficient (Wildman–Crippen LogP) is 3.88. The van der Waals surface area contributed by atoms with Gasteiger partial charge in [-0.1, -0.05) is 46.3 Å². The topological polar surface area (TPSA) is 43.8 Å². The van der Waals surface area contributed by atoms with Crippen molar-refractivity contribution in [1.82, 2.24) is 9.78 Å². The number of benzene rings is 2. The molecule has 3 rings (SSSR count). The molecule has 2 N–H and O–H groups in total. The van der Waals surface area contributed by atoms with Crippen LogP contribution in [0.25, 0.3) is 16.9 Å². The second kappa shape index (κ2) is 4.90. The first-order valence-electron chi connectivity index (χ1n) is 5.90. The van der Waals surface area contributed by atoms with Crippen LogP contribution in [-0.2, 0) is 0 Å². The molecule has 19 heavy (non-hydrogen) atoms. The molecular formula is C15H12BrN3. The molecule has 0 aliphatic rings. The Balaban J connectivity index is 2.08. The van der Waals surface area contributed by atoms with E-state index in [1.807, 2.05) is 60.8 Å². The Hall–Kier alpha value is -2.07. The number of hydrogen-bond acceptors (Lipinski definition) is 2. The molecule has 0 fully saturated rings. The van der Waals surface area contributed by atoms with Crippen molar-refractivity contribution in [2.75, 3.05) is 5.73 Å². The van der Waals surface area contributed by atoms with E-state index in [1.165, 1.54) is 0 Å². The maximum absolute atomic E-state index is 6.06. The molecule has 0 radical (unpaired) electrons. The van der Waals surface area contributed by atoms with Crippen LogP contribution in [0, 0.1) is 0 Å². The van der Waals surface area contributed by atoms with Crippen molar-refractivity contribution >= 4 is 21.6 Å². The van der Waals surface area contributed by atoms with Gasteiger partial charge in [-0.3, -0.25) is 0 Å². The number of aromatic nitrogens is 2. The summed E-state index contributed by atoms with van der Waals surface area (Å²) in [6, 6.07) is 17.9. The number of para-hydroxylation sites is 1. The summed E-state index contributed by atoms with van der Waals surface area (Å²) in [7, 11) is 0. The lowest BCUT2D eigenvalue weighted by Crippen LogP contribution is -1.93. The lowest BCUT2D eigenvalue weighted by molar-refractivity contribution is 0.884. The van der Waals surface area contributed by atoms with Crippen molar-refractivity contribution in [2.24, 2.45) is 0 Å².